The Balaban J connectivity index is 2.70. The molecule has 0 aromatic heterocycles. The first-order valence-corrected chi connectivity index (χ1v) is 6.84. The molecule has 0 aliphatic carbocycles. The number of hydrogen-bond acceptors (Lipinski definition) is 3. The van der Waals surface area contributed by atoms with Crippen LogP contribution >= 0.6 is 22.6 Å². The summed E-state index contributed by atoms with van der Waals surface area (Å²) in [7, 11) is 1.75. The summed E-state index contributed by atoms with van der Waals surface area (Å²) >= 11 is 2.34. The van der Waals surface area contributed by atoms with Crippen LogP contribution in [-0.4, -0.2) is 12.7 Å². The molecule has 1 unspecified atom stereocenters. The summed E-state index contributed by atoms with van der Waals surface area (Å²) < 4.78 is 6.67. The van der Waals surface area contributed by atoms with E-state index in [-0.39, 0.29) is 11.6 Å². The highest BCUT2D eigenvalue weighted by Crippen LogP contribution is 2.26. The molecule has 0 saturated carbocycles. The van der Waals surface area contributed by atoms with Gasteiger partial charge in [0.1, 0.15) is 0 Å². The second-order valence-corrected chi connectivity index (χ2v) is 5.91. The van der Waals surface area contributed by atoms with Crippen LogP contribution in [0.3, 0.4) is 0 Å². The highest BCUT2D eigenvalue weighted by molar-refractivity contribution is 14.1. The van der Waals surface area contributed by atoms with Crippen molar-refractivity contribution in [2.75, 3.05) is 7.11 Å². The number of hydrazine groups is 1. The minimum atomic E-state index is -0.102. The van der Waals surface area contributed by atoms with E-state index < -0.39 is 0 Å². The summed E-state index contributed by atoms with van der Waals surface area (Å²) in [5, 5.41) is 0. The van der Waals surface area contributed by atoms with Crippen molar-refractivity contribution in [1.29, 1.82) is 0 Å². The van der Waals surface area contributed by atoms with Crippen molar-refractivity contribution < 1.29 is 4.74 Å². The Morgan fingerprint density at radius 2 is 2.06 bits per heavy atom. The molecule has 0 heterocycles. The van der Waals surface area contributed by atoms with Crippen LogP contribution in [0.25, 0.3) is 0 Å². The third kappa shape index (κ3) is 4.54. The van der Waals surface area contributed by atoms with Crippen molar-refractivity contribution in [3.63, 3.8) is 0 Å². The number of benzene rings is 1. The number of nitrogens with one attached hydrogen (secondary N) is 1. The van der Waals surface area contributed by atoms with Gasteiger partial charge in [0.2, 0.25) is 0 Å². The molecule has 17 heavy (non-hydrogen) atoms. The van der Waals surface area contributed by atoms with E-state index in [4.69, 9.17) is 10.6 Å². The van der Waals surface area contributed by atoms with Crippen LogP contribution in [0.2, 0.25) is 0 Å². The van der Waals surface area contributed by atoms with Gasteiger partial charge in [-0.15, -0.1) is 0 Å². The number of nitrogens with two attached hydrogens (primary N) is 1. The fourth-order valence-corrected chi connectivity index (χ4v) is 2.44. The van der Waals surface area contributed by atoms with Crippen LogP contribution in [-0.2, 0) is 4.74 Å². The molecule has 0 spiro atoms. The van der Waals surface area contributed by atoms with Gasteiger partial charge < -0.3 is 4.74 Å². The minimum absolute atomic E-state index is 0.102. The lowest BCUT2D eigenvalue weighted by molar-refractivity contribution is 0.0116. The Labute approximate surface area is 117 Å². The summed E-state index contributed by atoms with van der Waals surface area (Å²) in [6.45, 7) is 4.19. The number of ether oxygens (including phenoxy) is 1. The van der Waals surface area contributed by atoms with Crippen molar-refractivity contribution in [3.8, 4) is 0 Å². The van der Waals surface area contributed by atoms with Gasteiger partial charge in [-0.25, -0.2) is 0 Å². The van der Waals surface area contributed by atoms with E-state index in [0.717, 1.165) is 12.8 Å². The SMILES string of the molecule is COC(C)(C)CCC(NN)c1ccccc1I. The molecule has 0 aliphatic heterocycles. The van der Waals surface area contributed by atoms with Gasteiger partial charge in [0, 0.05) is 16.7 Å². The van der Waals surface area contributed by atoms with Crippen LogP contribution in [0, 0.1) is 3.57 Å². The summed E-state index contributed by atoms with van der Waals surface area (Å²) in [6.07, 6.45) is 1.92. The molecule has 1 aromatic carbocycles. The van der Waals surface area contributed by atoms with Gasteiger partial charge in [-0.2, -0.15) is 0 Å². The van der Waals surface area contributed by atoms with E-state index in [2.05, 4.69) is 54.0 Å². The molecule has 1 atom stereocenters. The van der Waals surface area contributed by atoms with Crippen LogP contribution in [0.5, 0.6) is 0 Å². The Kier molecular flexibility index (Phi) is 5.85. The molecule has 4 heteroatoms. The zero-order valence-electron chi connectivity index (χ0n) is 10.7. The maximum atomic E-state index is 5.65. The number of hydrogen-bond donors (Lipinski definition) is 2. The number of rotatable bonds is 6. The van der Waals surface area contributed by atoms with Gasteiger partial charge in [0.25, 0.3) is 0 Å². The van der Waals surface area contributed by atoms with E-state index in [9.17, 15) is 0 Å². The first kappa shape index (κ1) is 14.9. The van der Waals surface area contributed by atoms with Crippen molar-refractivity contribution in [3.05, 3.63) is 33.4 Å². The lowest BCUT2D eigenvalue weighted by atomic mass is 9.95. The average Bonchev–Trinajstić information content (AvgIpc) is 2.32. The lowest BCUT2D eigenvalue weighted by Crippen LogP contribution is -2.31. The fraction of sp³-hybridized carbons (Fsp3) is 0.538. The minimum Gasteiger partial charge on any atom is -0.379 e. The molecule has 3 N–H and O–H groups in total. The van der Waals surface area contributed by atoms with Gasteiger partial charge >= 0.3 is 0 Å². The predicted octanol–water partition coefficient (Wildman–Crippen LogP) is 3.00. The summed E-state index contributed by atoms with van der Waals surface area (Å²) in [5.41, 5.74) is 4.05. The largest absolute Gasteiger partial charge is 0.379 e. The smallest absolute Gasteiger partial charge is 0.0623 e. The summed E-state index contributed by atoms with van der Waals surface area (Å²) in [6, 6.07) is 8.48. The van der Waals surface area contributed by atoms with Crippen LogP contribution < -0.4 is 11.3 Å². The van der Waals surface area contributed by atoms with E-state index in [1.54, 1.807) is 7.11 Å². The second kappa shape index (κ2) is 6.68. The summed E-state index contributed by atoms with van der Waals surface area (Å²) in [4.78, 5) is 0. The van der Waals surface area contributed by atoms with E-state index in [1.165, 1.54) is 9.13 Å². The third-order valence-corrected chi connectivity index (χ3v) is 4.05. The van der Waals surface area contributed by atoms with E-state index in [0.29, 0.717) is 0 Å². The average molecular weight is 348 g/mol. The fourth-order valence-electron chi connectivity index (χ4n) is 1.68. The highest BCUT2D eigenvalue weighted by atomic mass is 127. The van der Waals surface area contributed by atoms with Crippen LogP contribution in [0.4, 0.5) is 0 Å². The molecule has 0 fully saturated rings. The molecule has 0 radical (unpaired) electrons. The standard InChI is InChI=1S/C13H21IN2O/c1-13(2,17-3)9-8-12(16-15)10-6-4-5-7-11(10)14/h4-7,12,16H,8-9,15H2,1-3H3. The van der Waals surface area contributed by atoms with Gasteiger partial charge in [-0.3, -0.25) is 11.3 Å². The summed E-state index contributed by atoms with van der Waals surface area (Å²) in [5.74, 6) is 5.65. The normalized spacial score (nSPS) is 13.7. The molecule has 1 rings (SSSR count). The van der Waals surface area contributed by atoms with Crippen molar-refractivity contribution in [1.82, 2.24) is 5.43 Å². The molecular formula is C13H21IN2O. The van der Waals surface area contributed by atoms with E-state index in [1.807, 2.05) is 12.1 Å². The lowest BCUT2D eigenvalue weighted by Gasteiger charge is -2.26. The Bertz CT molecular complexity index is 355. The Morgan fingerprint density at radius 3 is 2.59 bits per heavy atom. The molecule has 3 nitrogen and oxygen atoms in total. The van der Waals surface area contributed by atoms with Crippen molar-refractivity contribution in [2.24, 2.45) is 5.84 Å². The molecule has 0 amide bonds. The highest BCUT2D eigenvalue weighted by Gasteiger charge is 2.20. The number of halogens is 1. The molecule has 0 bridgehead atoms. The first-order valence-electron chi connectivity index (χ1n) is 5.76. The Morgan fingerprint density at radius 1 is 1.41 bits per heavy atom. The molecule has 96 valence electrons. The van der Waals surface area contributed by atoms with Crippen LogP contribution in [0.1, 0.15) is 38.3 Å². The molecular weight excluding hydrogens is 327 g/mol. The third-order valence-electron chi connectivity index (χ3n) is 3.07. The zero-order chi connectivity index (χ0) is 12.9. The van der Waals surface area contributed by atoms with Crippen LogP contribution in [0.15, 0.2) is 24.3 Å². The van der Waals surface area contributed by atoms with Gasteiger partial charge in [-0.1, -0.05) is 18.2 Å². The first-order chi connectivity index (χ1) is 8.00. The predicted molar refractivity (Wildman–Crippen MR) is 79.5 cm³/mol. The van der Waals surface area contributed by atoms with Gasteiger partial charge in [0.05, 0.1) is 5.60 Å². The number of methoxy groups -OCH3 is 1. The van der Waals surface area contributed by atoms with Gasteiger partial charge in [0.15, 0.2) is 0 Å². The zero-order valence-corrected chi connectivity index (χ0v) is 12.8. The second-order valence-electron chi connectivity index (χ2n) is 4.74. The van der Waals surface area contributed by atoms with Crippen molar-refractivity contribution in [2.45, 2.75) is 38.3 Å². The van der Waals surface area contributed by atoms with E-state index >= 15 is 0 Å². The topological polar surface area (TPSA) is 47.3 Å². The van der Waals surface area contributed by atoms with Crippen molar-refractivity contribution >= 4 is 22.6 Å². The molecule has 0 aliphatic rings. The monoisotopic (exact) mass is 348 g/mol. The quantitative estimate of drug-likeness (QED) is 0.472. The Hall–Kier alpha value is -0.170. The molecule has 0 saturated heterocycles. The maximum Gasteiger partial charge on any atom is 0.0623 e. The van der Waals surface area contributed by atoms with Gasteiger partial charge in [-0.05, 0) is 60.9 Å². The maximum absolute atomic E-state index is 5.65. The molecule has 1 aromatic rings.